The summed E-state index contributed by atoms with van der Waals surface area (Å²) in [6.45, 7) is 13.0. The van der Waals surface area contributed by atoms with Crippen molar-refractivity contribution in [1.82, 2.24) is 10.2 Å². The topological polar surface area (TPSA) is 86.8 Å². The van der Waals surface area contributed by atoms with Gasteiger partial charge in [0.15, 0.2) is 0 Å². The number of carbonyl (C=O) groups is 2. The van der Waals surface area contributed by atoms with Crippen LogP contribution in [-0.2, 0) is 26.2 Å². The summed E-state index contributed by atoms with van der Waals surface area (Å²) in [5.74, 6) is -0.721. The Bertz CT molecular complexity index is 1450. The Morgan fingerprint density at radius 2 is 1.50 bits per heavy atom. The van der Waals surface area contributed by atoms with E-state index in [-0.39, 0.29) is 23.4 Å². The van der Waals surface area contributed by atoms with E-state index in [0.29, 0.717) is 12.1 Å². The van der Waals surface area contributed by atoms with Gasteiger partial charge in [-0.25, -0.2) is 8.42 Å². The van der Waals surface area contributed by atoms with E-state index in [0.717, 1.165) is 32.1 Å². The molecule has 0 spiro atoms. The molecule has 0 radical (unpaired) electrons. The van der Waals surface area contributed by atoms with Gasteiger partial charge in [-0.3, -0.25) is 13.9 Å². The Labute approximate surface area is 239 Å². The van der Waals surface area contributed by atoms with Crippen molar-refractivity contribution in [2.24, 2.45) is 0 Å². The fourth-order valence-electron chi connectivity index (χ4n) is 4.52. The molecular weight excluding hydrogens is 522 g/mol. The number of rotatable bonds is 11. The van der Waals surface area contributed by atoms with Gasteiger partial charge in [0.25, 0.3) is 10.0 Å². The molecule has 0 fully saturated rings. The SMILES string of the molecule is CC[C@@H](C(=O)NC(C)C)N(Cc1ccccc1C)C(=O)CN(c1ccc(C)c(C)c1)S(=O)(=O)c1ccc(C)cc1. The van der Waals surface area contributed by atoms with Crippen molar-refractivity contribution >= 4 is 27.5 Å². The van der Waals surface area contributed by atoms with Crippen LogP contribution in [0.1, 0.15) is 55.0 Å². The number of carbonyl (C=O) groups excluding carboxylic acids is 2. The second kappa shape index (κ2) is 13.1. The van der Waals surface area contributed by atoms with Gasteiger partial charge in [0.2, 0.25) is 11.8 Å². The van der Waals surface area contributed by atoms with Crippen LogP contribution >= 0.6 is 0 Å². The van der Waals surface area contributed by atoms with Crippen LogP contribution in [0.15, 0.2) is 71.6 Å². The van der Waals surface area contributed by atoms with Crippen LogP contribution in [0.25, 0.3) is 0 Å². The maximum Gasteiger partial charge on any atom is 0.264 e. The van der Waals surface area contributed by atoms with Crippen LogP contribution < -0.4 is 9.62 Å². The van der Waals surface area contributed by atoms with E-state index in [1.807, 2.05) is 78.8 Å². The van der Waals surface area contributed by atoms with Crippen LogP contribution in [0.2, 0.25) is 0 Å². The summed E-state index contributed by atoms with van der Waals surface area (Å²) in [6.07, 6.45) is 0.379. The van der Waals surface area contributed by atoms with Gasteiger partial charge in [-0.15, -0.1) is 0 Å². The number of nitrogens with zero attached hydrogens (tertiary/aromatic N) is 2. The molecule has 40 heavy (non-hydrogen) atoms. The van der Waals surface area contributed by atoms with Crippen molar-refractivity contribution in [3.63, 3.8) is 0 Å². The van der Waals surface area contributed by atoms with E-state index >= 15 is 0 Å². The molecule has 0 heterocycles. The number of amides is 2. The van der Waals surface area contributed by atoms with E-state index in [9.17, 15) is 18.0 Å². The Morgan fingerprint density at radius 3 is 2.08 bits per heavy atom. The second-order valence-corrected chi connectivity index (χ2v) is 12.5. The molecule has 0 aromatic heterocycles. The Balaban J connectivity index is 2.10. The largest absolute Gasteiger partial charge is 0.352 e. The first-order chi connectivity index (χ1) is 18.8. The van der Waals surface area contributed by atoms with Crippen molar-refractivity contribution < 1.29 is 18.0 Å². The number of anilines is 1. The maximum atomic E-state index is 14.2. The fraction of sp³-hybridized carbons (Fsp3) is 0.375. The average molecular weight is 564 g/mol. The Hall–Kier alpha value is -3.65. The summed E-state index contributed by atoms with van der Waals surface area (Å²) in [7, 11) is -4.10. The van der Waals surface area contributed by atoms with E-state index in [1.54, 1.807) is 36.4 Å². The summed E-state index contributed by atoms with van der Waals surface area (Å²) >= 11 is 0. The summed E-state index contributed by atoms with van der Waals surface area (Å²) < 4.78 is 29.2. The number of aryl methyl sites for hydroxylation is 4. The molecule has 3 rings (SSSR count). The molecule has 0 aliphatic heterocycles. The van der Waals surface area contributed by atoms with Gasteiger partial charge < -0.3 is 10.2 Å². The minimum absolute atomic E-state index is 0.0965. The highest BCUT2D eigenvalue weighted by molar-refractivity contribution is 7.92. The zero-order valence-corrected chi connectivity index (χ0v) is 25.4. The van der Waals surface area contributed by atoms with Crippen LogP contribution in [0.3, 0.4) is 0 Å². The number of sulfonamides is 1. The molecule has 3 aromatic rings. The quantitative estimate of drug-likeness (QED) is 0.336. The third-order valence-electron chi connectivity index (χ3n) is 7.09. The lowest BCUT2D eigenvalue weighted by Crippen LogP contribution is -2.53. The van der Waals surface area contributed by atoms with E-state index in [4.69, 9.17) is 0 Å². The van der Waals surface area contributed by atoms with Gasteiger partial charge in [-0.1, -0.05) is 55.0 Å². The minimum atomic E-state index is -4.10. The first-order valence-electron chi connectivity index (χ1n) is 13.7. The molecule has 8 heteroatoms. The smallest absolute Gasteiger partial charge is 0.264 e. The van der Waals surface area contributed by atoms with Gasteiger partial charge >= 0.3 is 0 Å². The van der Waals surface area contributed by atoms with Gasteiger partial charge in [0.05, 0.1) is 10.6 Å². The molecule has 214 valence electrons. The molecule has 0 unspecified atom stereocenters. The van der Waals surface area contributed by atoms with Crippen molar-refractivity contribution in [3.8, 4) is 0 Å². The monoisotopic (exact) mass is 563 g/mol. The van der Waals surface area contributed by atoms with Crippen molar-refractivity contribution in [2.75, 3.05) is 10.8 Å². The summed E-state index contributed by atoms with van der Waals surface area (Å²) in [4.78, 5) is 29.0. The minimum Gasteiger partial charge on any atom is -0.352 e. The number of benzene rings is 3. The Kier molecular flexibility index (Phi) is 10.1. The highest BCUT2D eigenvalue weighted by atomic mass is 32.2. The molecule has 0 saturated heterocycles. The normalized spacial score (nSPS) is 12.2. The standard InChI is InChI=1S/C32H41N3O4S/c1-8-30(32(37)33-22(2)3)34(20-27-12-10-9-11-25(27)6)31(36)21-35(28-16-15-24(5)26(7)19-28)40(38,39)29-17-13-23(4)14-18-29/h9-19,22,30H,8,20-21H2,1-7H3,(H,33,37)/t30-/m0/s1. The van der Waals surface area contributed by atoms with Crippen LogP contribution in [0.5, 0.6) is 0 Å². The number of hydrogen-bond acceptors (Lipinski definition) is 4. The molecule has 0 saturated carbocycles. The van der Waals surface area contributed by atoms with Crippen LogP contribution in [0, 0.1) is 27.7 Å². The van der Waals surface area contributed by atoms with Crippen LogP contribution in [0.4, 0.5) is 5.69 Å². The van der Waals surface area contributed by atoms with Crippen molar-refractivity contribution in [1.29, 1.82) is 0 Å². The molecule has 0 aliphatic rings. The van der Waals surface area contributed by atoms with Gasteiger partial charge in [-0.2, -0.15) is 0 Å². The Morgan fingerprint density at radius 1 is 0.850 bits per heavy atom. The average Bonchev–Trinajstić information content (AvgIpc) is 2.89. The van der Waals surface area contributed by atoms with Crippen molar-refractivity contribution in [3.05, 3.63) is 94.5 Å². The van der Waals surface area contributed by atoms with E-state index in [1.165, 1.54) is 4.90 Å². The van der Waals surface area contributed by atoms with E-state index < -0.39 is 28.5 Å². The summed E-state index contributed by atoms with van der Waals surface area (Å²) in [5.41, 5.74) is 5.13. The molecule has 0 aliphatic carbocycles. The lowest BCUT2D eigenvalue weighted by atomic mass is 10.1. The molecule has 1 N–H and O–H groups in total. The fourth-order valence-corrected chi connectivity index (χ4v) is 5.92. The molecular formula is C32H41N3O4S. The zero-order valence-electron chi connectivity index (χ0n) is 24.6. The third kappa shape index (κ3) is 7.30. The second-order valence-electron chi connectivity index (χ2n) is 10.6. The molecule has 2 amide bonds. The maximum absolute atomic E-state index is 14.2. The van der Waals surface area contributed by atoms with E-state index in [2.05, 4.69) is 5.32 Å². The predicted molar refractivity (Wildman–Crippen MR) is 161 cm³/mol. The van der Waals surface area contributed by atoms with Crippen molar-refractivity contribution in [2.45, 2.75) is 78.4 Å². The number of hydrogen-bond donors (Lipinski definition) is 1. The lowest BCUT2D eigenvalue weighted by molar-refractivity contribution is -0.140. The molecule has 0 bridgehead atoms. The predicted octanol–water partition coefficient (Wildman–Crippen LogP) is 5.45. The molecule has 1 atom stereocenters. The summed E-state index contributed by atoms with van der Waals surface area (Å²) in [5, 5.41) is 2.92. The summed E-state index contributed by atoms with van der Waals surface area (Å²) in [6, 6.07) is 18.8. The lowest BCUT2D eigenvalue weighted by Gasteiger charge is -2.34. The number of nitrogens with one attached hydrogen (secondary N) is 1. The van der Waals surface area contributed by atoms with Gasteiger partial charge in [0.1, 0.15) is 12.6 Å². The van der Waals surface area contributed by atoms with Gasteiger partial charge in [0, 0.05) is 12.6 Å². The highest BCUT2D eigenvalue weighted by Gasteiger charge is 2.34. The molecule has 7 nitrogen and oxygen atoms in total. The first kappa shape index (κ1) is 30.9. The van der Waals surface area contributed by atoms with Gasteiger partial charge in [-0.05, 0) is 94.5 Å². The highest BCUT2D eigenvalue weighted by Crippen LogP contribution is 2.27. The first-order valence-corrected chi connectivity index (χ1v) is 15.1. The zero-order chi connectivity index (χ0) is 29.6. The third-order valence-corrected chi connectivity index (χ3v) is 8.87. The van der Waals surface area contributed by atoms with Crippen LogP contribution in [-0.4, -0.2) is 43.8 Å². The molecule has 3 aromatic carbocycles.